The summed E-state index contributed by atoms with van der Waals surface area (Å²) in [6.45, 7) is 6.64. The highest BCUT2D eigenvalue weighted by molar-refractivity contribution is 6.30. The van der Waals surface area contributed by atoms with Crippen molar-refractivity contribution >= 4 is 23.4 Å². The van der Waals surface area contributed by atoms with Crippen molar-refractivity contribution in [3.63, 3.8) is 0 Å². The third-order valence-corrected chi connectivity index (χ3v) is 3.92. The maximum Gasteiger partial charge on any atom is 0.251 e. The third-order valence-electron chi connectivity index (χ3n) is 3.67. The molecule has 0 aliphatic rings. The Hall–Kier alpha value is -1.55. The van der Waals surface area contributed by atoms with Gasteiger partial charge in [-0.25, -0.2) is 0 Å². The molecule has 0 aromatic heterocycles. The highest BCUT2D eigenvalue weighted by atomic mass is 35.5. The van der Waals surface area contributed by atoms with Gasteiger partial charge in [0.05, 0.1) is 0 Å². The van der Waals surface area contributed by atoms with Gasteiger partial charge in [0.2, 0.25) is 5.91 Å². The van der Waals surface area contributed by atoms with Crippen molar-refractivity contribution in [2.75, 3.05) is 6.54 Å². The van der Waals surface area contributed by atoms with Crippen molar-refractivity contribution in [2.45, 2.75) is 52.5 Å². The van der Waals surface area contributed by atoms with Crippen LogP contribution in [0.3, 0.4) is 0 Å². The second-order valence-corrected chi connectivity index (χ2v) is 6.49. The second-order valence-electron chi connectivity index (χ2n) is 6.05. The van der Waals surface area contributed by atoms with Crippen LogP contribution in [-0.2, 0) is 4.79 Å². The van der Waals surface area contributed by atoms with E-state index in [4.69, 9.17) is 11.6 Å². The predicted octanol–water partition coefficient (Wildman–Crippen LogP) is 3.79. The molecule has 0 saturated carbocycles. The maximum atomic E-state index is 12.3. The lowest BCUT2D eigenvalue weighted by Crippen LogP contribution is -2.49. The van der Waals surface area contributed by atoms with Crippen molar-refractivity contribution < 1.29 is 9.59 Å². The molecule has 2 amide bonds. The van der Waals surface area contributed by atoms with Crippen LogP contribution in [0, 0.1) is 5.92 Å². The van der Waals surface area contributed by atoms with Gasteiger partial charge < -0.3 is 10.6 Å². The fraction of sp³-hybridized carbons (Fsp3) is 0.556. The Balaban J connectivity index is 2.55. The molecule has 0 fully saturated rings. The minimum atomic E-state index is -0.538. The molecule has 2 N–H and O–H groups in total. The quantitative estimate of drug-likeness (QED) is 0.673. The number of amides is 2. The van der Waals surface area contributed by atoms with Crippen LogP contribution < -0.4 is 10.6 Å². The summed E-state index contributed by atoms with van der Waals surface area (Å²) in [5.41, 5.74) is 0.496. The zero-order chi connectivity index (χ0) is 17.2. The number of hydrogen-bond donors (Lipinski definition) is 2. The Morgan fingerprint density at radius 1 is 1.09 bits per heavy atom. The first-order valence-electron chi connectivity index (χ1n) is 8.29. The van der Waals surface area contributed by atoms with E-state index in [1.807, 2.05) is 13.8 Å². The van der Waals surface area contributed by atoms with Crippen molar-refractivity contribution in [1.29, 1.82) is 0 Å². The first kappa shape index (κ1) is 19.5. The summed E-state index contributed by atoms with van der Waals surface area (Å²) in [6.07, 6.45) is 4.42. The van der Waals surface area contributed by atoms with Gasteiger partial charge in [-0.2, -0.15) is 0 Å². The van der Waals surface area contributed by atoms with E-state index in [0.29, 0.717) is 17.1 Å². The smallest absolute Gasteiger partial charge is 0.251 e. The van der Waals surface area contributed by atoms with Gasteiger partial charge in [-0.05, 0) is 36.6 Å². The fourth-order valence-electron chi connectivity index (χ4n) is 2.23. The summed E-state index contributed by atoms with van der Waals surface area (Å²) in [6, 6.07) is 6.09. The second kappa shape index (κ2) is 10.3. The van der Waals surface area contributed by atoms with Gasteiger partial charge in [0.15, 0.2) is 0 Å². The SMILES string of the molecule is CCCCCCNC(=O)C(NC(=O)c1ccc(Cl)cc1)C(C)C. The van der Waals surface area contributed by atoms with E-state index in [9.17, 15) is 9.59 Å². The first-order chi connectivity index (χ1) is 11.0. The lowest BCUT2D eigenvalue weighted by molar-refractivity contribution is -0.123. The summed E-state index contributed by atoms with van der Waals surface area (Å²) in [5, 5.41) is 6.30. The van der Waals surface area contributed by atoms with Gasteiger partial charge >= 0.3 is 0 Å². The largest absolute Gasteiger partial charge is 0.354 e. The highest BCUT2D eigenvalue weighted by Gasteiger charge is 2.24. The van der Waals surface area contributed by atoms with Crippen LogP contribution in [0.15, 0.2) is 24.3 Å². The molecule has 0 heterocycles. The Bertz CT molecular complexity index is 500. The van der Waals surface area contributed by atoms with E-state index >= 15 is 0 Å². The van der Waals surface area contributed by atoms with Crippen molar-refractivity contribution in [3.05, 3.63) is 34.9 Å². The molecule has 0 spiro atoms. The molecular formula is C18H27ClN2O2. The molecule has 1 rings (SSSR count). The lowest BCUT2D eigenvalue weighted by atomic mass is 10.0. The van der Waals surface area contributed by atoms with E-state index in [0.717, 1.165) is 12.8 Å². The maximum absolute atomic E-state index is 12.3. The number of rotatable bonds is 9. The van der Waals surface area contributed by atoms with Gasteiger partial charge in [0.1, 0.15) is 6.04 Å². The van der Waals surface area contributed by atoms with E-state index in [1.165, 1.54) is 12.8 Å². The highest BCUT2D eigenvalue weighted by Crippen LogP contribution is 2.10. The number of carbonyl (C=O) groups is 2. The number of benzene rings is 1. The summed E-state index contributed by atoms with van der Waals surface area (Å²) >= 11 is 5.82. The third kappa shape index (κ3) is 7.04. The van der Waals surface area contributed by atoms with E-state index in [-0.39, 0.29) is 17.7 Å². The number of carbonyl (C=O) groups excluding carboxylic acids is 2. The molecule has 1 aromatic carbocycles. The Labute approximate surface area is 144 Å². The van der Waals surface area contributed by atoms with Crippen LogP contribution in [0.4, 0.5) is 0 Å². The molecule has 0 aliphatic heterocycles. The van der Waals surface area contributed by atoms with Crippen molar-refractivity contribution in [3.8, 4) is 0 Å². The summed E-state index contributed by atoms with van der Waals surface area (Å²) in [5.74, 6) is -0.373. The predicted molar refractivity (Wildman–Crippen MR) is 94.7 cm³/mol. The lowest BCUT2D eigenvalue weighted by Gasteiger charge is -2.21. The average Bonchev–Trinajstić information content (AvgIpc) is 2.52. The molecule has 23 heavy (non-hydrogen) atoms. The number of unbranched alkanes of at least 4 members (excludes halogenated alkanes) is 3. The van der Waals surface area contributed by atoms with E-state index in [1.54, 1.807) is 24.3 Å². The molecular weight excluding hydrogens is 312 g/mol. The molecule has 1 unspecified atom stereocenters. The van der Waals surface area contributed by atoms with Crippen LogP contribution in [0.1, 0.15) is 56.8 Å². The van der Waals surface area contributed by atoms with Gasteiger partial charge in [0.25, 0.3) is 5.91 Å². The van der Waals surface area contributed by atoms with Gasteiger partial charge in [-0.15, -0.1) is 0 Å². The molecule has 0 bridgehead atoms. The van der Waals surface area contributed by atoms with Gasteiger partial charge in [-0.3, -0.25) is 9.59 Å². The normalized spacial score (nSPS) is 12.0. The fourth-order valence-corrected chi connectivity index (χ4v) is 2.36. The molecule has 1 atom stereocenters. The first-order valence-corrected chi connectivity index (χ1v) is 8.67. The minimum absolute atomic E-state index is 0.0156. The number of nitrogens with one attached hydrogen (secondary N) is 2. The molecule has 0 saturated heterocycles. The summed E-state index contributed by atoms with van der Waals surface area (Å²) < 4.78 is 0. The van der Waals surface area contributed by atoms with Gasteiger partial charge in [-0.1, -0.05) is 51.6 Å². The Kier molecular flexibility index (Phi) is 8.70. The summed E-state index contributed by atoms with van der Waals surface area (Å²) in [4.78, 5) is 24.5. The topological polar surface area (TPSA) is 58.2 Å². The molecule has 5 heteroatoms. The standard InChI is InChI=1S/C18H27ClN2O2/c1-4-5-6-7-12-20-18(23)16(13(2)3)21-17(22)14-8-10-15(19)11-9-14/h8-11,13,16H,4-7,12H2,1-3H3,(H,20,23)(H,21,22). The van der Waals surface area contributed by atoms with Crippen molar-refractivity contribution in [1.82, 2.24) is 10.6 Å². The molecule has 1 aromatic rings. The monoisotopic (exact) mass is 338 g/mol. The van der Waals surface area contributed by atoms with Crippen LogP contribution in [0.25, 0.3) is 0 Å². The molecule has 0 aliphatic carbocycles. The van der Waals surface area contributed by atoms with Gasteiger partial charge in [0, 0.05) is 17.1 Å². The zero-order valence-electron chi connectivity index (χ0n) is 14.2. The zero-order valence-corrected chi connectivity index (χ0v) is 15.0. The van der Waals surface area contributed by atoms with Crippen LogP contribution >= 0.6 is 11.6 Å². The van der Waals surface area contributed by atoms with Crippen LogP contribution in [-0.4, -0.2) is 24.4 Å². The Morgan fingerprint density at radius 2 is 1.74 bits per heavy atom. The summed E-state index contributed by atoms with van der Waals surface area (Å²) in [7, 11) is 0. The van der Waals surface area contributed by atoms with E-state index < -0.39 is 6.04 Å². The molecule has 4 nitrogen and oxygen atoms in total. The Morgan fingerprint density at radius 3 is 2.30 bits per heavy atom. The number of hydrogen-bond acceptors (Lipinski definition) is 2. The van der Waals surface area contributed by atoms with Crippen LogP contribution in [0.2, 0.25) is 5.02 Å². The number of halogens is 1. The average molecular weight is 339 g/mol. The minimum Gasteiger partial charge on any atom is -0.354 e. The molecule has 0 radical (unpaired) electrons. The van der Waals surface area contributed by atoms with Crippen LogP contribution in [0.5, 0.6) is 0 Å². The van der Waals surface area contributed by atoms with Crippen molar-refractivity contribution in [2.24, 2.45) is 5.92 Å². The molecule has 128 valence electrons. The van der Waals surface area contributed by atoms with E-state index in [2.05, 4.69) is 17.6 Å².